The molecule has 0 unspecified atom stereocenters. The lowest BCUT2D eigenvalue weighted by atomic mass is 10.0. The van der Waals surface area contributed by atoms with E-state index in [0.717, 1.165) is 37.1 Å². The highest BCUT2D eigenvalue weighted by Gasteiger charge is 2.25. The molecule has 0 radical (unpaired) electrons. The standard InChI is InChI=1S/C9H14N2O3S/c1-2-11-8-6-4-3-5-7(8)10-9(11)15(12,13)14/h2-6H2,1H3,(H,12,13,14). The molecule has 0 aliphatic heterocycles. The van der Waals surface area contributed by atoms with Gasteiger partial charge in [-0.05, 0) is 32.6 Å². The summed E-state index contributed by atoms with van der Waals surface area (Å²) in [6.07, 6.45) is 3.76. The van der Waals surface area contributed by atoms with Crippen LogP contribution in [0.15, 0.2) is 5.16 Å². The van der Waals surface area contributed by atoms with E-state index < -0.39 is 10.1 Å². The van der Waals surface area contributed by atoms with Crippen molar-refractivity contribution >= 4 is 10.1 Å². The molecule has 15 heavy (non-hydrogen) atoms. The van der Waals surface area contributed by atoms with Gasteiger partial charge < -0.3 is 4.57 Å². The Bertz CT molecular complexity index is 476. The minimum atomic E-state index is -4.19. The zero-order valence-electron chi connectivity index (χ0n) is 8.60. The molecule has 84 valence electrons. The highest BCUT2D eigenvalue weighted by Crippen LogP contribution is 2.24. The Morgan fingerprint density at radius 1 is 1.40 bits per heavy atom. The van der Waals surface area contributed by atoms with E-state index in [4.69, 9.17) is 4.55 Å². The van der Waals surface area contributed by atoms with Gasteiger partial charge in [0.25, 0.3) is 5.16 Å². The summed E-state index contributed by atoms with van der Waals surface area (Å²) in [6, 6.07) is 0. The third kappa shape index (κ3) is 1.79. The first-order valence-electron chi connectivity index (χ1n) is 5.09. The number of imidazole rings is 1. The second-order valence-corrected chi connectivity index (χ2v) is 5.03. The number of aromatic nitrogens is 2. The number of aryl methyl sites for hydroxylation is 1. The molecule has 1 aromatic rings. The molecule has 6 heteroatoms. The van der Waals surface area contributed by atoms with E-state index in [0.29, 0.717) is 6.54 Å². The smallest absolute Gasteiger partial charge is 0.317 e. The molecule has 1 aliphatic rings. The van der Waals surface area contributed by atoms with Crippen molar-refractivity contribution in [1.29, 1.82) is 0 Å². The molecule has 0 spiro atoms. The van der Waals surface area contributed by atoms with Crippen molar-refractivity contribution in [2.45, 2.75) is 44.3 Å². The lowest BCUT2D eigenvalue weighted by molar-refractivity contribution is 0.462. The number of rotatable bonds is 2. The van der Waals surface area contributed by atoms with Crippen molar-refractivity contribution in [3.63, 3.8) is 0 Å². The van der Waals surface area contributed by atoms with Crippen LogP contribution in [0.1, 0.15) is 31.2 Å². The van der Waals surface area contributed by atoms with Gasteiger partial charge >= 0.3 is 10.1 Å². The highest BCUT2D eigenvalue weighted by atomic mass is 32.2. The minimum Gasteiger partial charge on any atom is -0.317 e. The topological polar surface area (TPSA) is 72.2 Å². The van der Waals surface area contributed by atoms with Crippen LogP contribution in [-0.2, 0) is 29.5 Å². The summed E-state index contributed by atoms with van der Waals surface area (Å²) in [5, 5.41) is -0.197. The molecule has 2 rings (SSSR count). The van der Waals surface area contributed by atoms with Gasteiger partial charge in [-0.2, -0.15) is 8.42 Å². The molecule has 1 aromatic heterocycles. The van der Waals surface area contributed by atoms with Crippen molar-refractivity contribution in [1.82, 2.24) is 9.55 Å². The fourth-order valence-corrected chi connectivity index (χ4v) is 2.84. The van der Waals surface area contributed by atoms with Crippen molar-refractivity contribution in [2.24, 2.45) is 0 Å². The quantitative estimate of drug-likeness (QED) is 0.770. The Morgan fingerprint density at radius 2 is 2.07 bits per heavy atom. The first kappa shape index (κ1) is 10.6. The van der Waals surface area contributed by atoms with Gasteiger partial charge in [0.2, 0.25) is 0 Å². The third-order valence-corrected chi connectivity index (χ3v) is 3.52. The molecule has 0 bridgehead atoms. The van der Waals surface area contributed by atoms with Gasteiger partial charge in [-0.25, -0.2) is 4.98 Å². The van der Waals surface area contributed by atoms with E-state index in [1.54, 1.807) is 4.57 Å². The predicted octanol–water partition coefficient (Wildman–Crippen LogP) is 1.03. The van der Waals surface area contributed by atoms with Crippen molar-refractivity contribution in [3.8, 4) is 0 Å². The van der Waals surface area contributed by atoms with Gasteiger partial charge in [0.05, 0.1) is 5.69 Å². The Kier molecular flexibility index (Phi) is 2.56. The lowest BCUT2D eigenvalue weighted by Gasteiger charge is -2.12. The molecule has 0 saturated carbocycles. The SMILES string of the molecule is CCn1c(S(=O)(=O)O)nc2c1CCCC2. The largest absolute Gasteiger partial charge is 0.328 e. The third-order valence-electron chi connectivity index (χ3n) is 2.74. The van der Waals surface area contributed by atoms with Crippen LogP contribution in [0, 0.1) is 0 Å². The van der Waals surface area contributed by atoms with Gasteiger partial charge in [-0.15, -0.1) is 0 Å². The number of hydrogen-bond donors (Lipinski definition) is 1. The molecular weight excluding hydrogens is 216 g/mol. The number of nitrogens with zero attached hydrogens (tertiary/aromatic N) is 2. The molecule has 0 fully saturated rings. The van der Waals surface area contributed by atoms with Gasteiger partial charge in [0, 0.05) is 12.2 Å². The molecule has 5 nitrogen and oxygen atoms in total. The van der Waals surface area contributed by atoms with Crippen LogP contribution in [0.4, 0.5) is 0 Å². The van der Waals surface area contributed by atoms with E-state index >= 15 is 0 Å². The summed E-state index contributed by atoms with van der Waals surface area (Å²) in [4.78, 5) is 4.02. The maximum atomic E-state index is 11.1. The fraction of sp³-hybridized carbons (Fsp3) is 0.667. The first-order chi connectivity index (χ1) is 7.04. The Balaban J connectivity index is 2.61. The zero-order chi connectivity index (χ0) is 11.1. The van der Waals surface area contributed by atoms with Crippen molar-refractivity contribution in [3.05, 3.63) is 11.4 Å². The maximum Gasteiger partial charge on any atom is 0.328 e. The van der Waals surface area contributed by atoms with Gasteiger partial charge in [0.15, 0.2) is 0 Å². The average Bonchev–Trinajstić information content (AvgIpc) is 2.55. The van der Waals surface area contributed by atoms with Crippen LogP contribution in [0.5, 0.6) is 0 Å². The molecule has 0 aromatic carbocycles. The lowest BCUT2D eigenvalue weighted by Crippen LogP contribution is -2.12. The summed E-state index contributed by atoms with van der Waals surface area (Å²) in [7, 11) is -4.19. The number of hydrogen-bond acceptors (Lipinski definition) is 3. The van der Waals surface area contributed by atoms with E-state index in [9.17, 15) is 8.42 Å². The summed E-state index contributed by atoms with van der Waals surface area (Å²) in [5.41, 5.74) is 1.80. The van der Waals surface area contributed by atoms with Crippen LogP contribution in [0.2, 0.25) is 0 Å². The summed E-state index contributed by atoms with van der Waals surface area (Å²) >= 11 is 0. The second kappa shape index (κ2) is 3.61. The van der Waals surface area contributed by atoms with E-state index in [1.807, 2.05) is 6.92 Å². The summed E-state index contributed by atoms with van der Waals surface area (Å²) in [6.45, 7) is 2.38. The Labute approximate surface area is 88.9 Å². The van der Waals surface area contributed by atoms with Crippen molar-refractivity contribution in [2.75, 3.05) is 0 Å². The highest BCUT2D eigenvalue weighted by molar-refractivity contribution is 7.85. The molecular formula is C9H14N2O3S. The van der Waals surface area contributed by atoms with Crippen molar-refractivity contribution < 1.29 is 13.0 Å². The van der Waals surface area contributed by atoms with E-state index in [2.05, 4.69) is 4.98 Å². The average molecular weight is 230 g/mol. The first-order valence-corrected chi connectivity index (χ1v) is 6.53. The second-order valence-electron chi connectivity index (χ2n) is 3.71. The van der Waals surface area contributed by atoms with Crippen LogP contribution in [0.25, 0.3) is 0 Å². The molecule has 1 N–H and O–H groups in total. The monoisotopic (exact) mass is 230 g/mol. The Morgan fingerprint density at radius 3 is 2.67 bits per heavy atom. The van der Waals surface area contributed by atoms with Gasteiger partial charge in [-0.1, -0.05) is 0 Å². The maximum absolute atomic E-state index is 11.1. The normalized spacial score (nSPS) is 16.4. The predicted molar refractivity (Wildman–Crippen MR) is 54.4 cm³/mol. The molecule has 0 atom stereocenters. The summed E-state index contributed by atoms with van der Waals surface area (Å²) < 4.78 is 32.8. The van der Waals surface area contributed by atoms with E-state index in [-0.39, 0.29) is 5.16 Å². The molecule has 1 heterocycles. The minimum absolute atomic E-state index is 0.197. The van der Waals surface area contributed by atoms with Gasteiger partial charge in [0.1, 0.15) is 0 Å². The van der Waals surface area contributed by atoms with E-state index in [1.165, 1.54) is 0 Å². The molecule has 0 saturated heterocycles. The van der Waals surface area contributed by atoms with Crippen LogP contribution < -0.4 is 0 Å². The molecule has 1 aliphatic carbocycles. The summed E-state index contributed by atoms with van der Waals surface area (Å²) in [5.74, 6) is 0. The molecule has 0 amide bonds. The number of fused-ring (bicyclic) bond motifs is 1. The van der Waals surface area contributed by atoms with Gasteiger partial charge in [-0.3, -0.25) is 4.55 Å². The van der Waals surface area contributed by atoms with Crippen LogP contribution in [0.3, 0.4) is 0 Å². The van der Waals surface area contributed by atoms with Crippen LogP contribution in [-0.4, -0.2) is 22.5 Å². The zero-order valence-corrected chi connectivity index (χ0v) is 9.42. The van der Waals surface area contributed by atoms with Crippen LogP contribution >= 0.6 is 0 Å². The fourth-order valence-electron chi connectivity index (χ4n) is 2.10. The Hall–Kier alpha value is -0.880.